The molecular weight excluding hydrogens is 310 g/mol. The van der Waals surface area contributed by atoms with Gasteiger partial charge in [0.25, 0.3) is 5.91 Å². The van der Waals surface area contributed by atoms with Crippen molar-refractivity contribution >= 4 is 23.2 Å². The molecule has 0 aliphatic carbocycles. The quantitative estimate of drug-likeness (QED) is 0.940. The van der Waals surface area contributed by atoms with Gasteiger partial charge in [-0.25, -0.2) is 4.98 Å². The Labute approximate surface area is 139 Å². The minimum absolute atomic E-state index is 0.0273. The number of aryl methyl sites for hydroxylation is 2. The molecule has 120 valence electrons. The largest absolute Gasteiger partial charge is 0.366 e. The number of amides is 2. The summed E-state index contributed by atoms with van der Waals surface area (Å²) in [6, 6.07) is 5.15. The van der Waals surface area contributed by atoms with Crippen LogP contribution in [-0.4, -0.2) is 28.2 Å². The molecule has 6 heteroatoms. The molecule has 1 saturated heterocycles. The normalized spacial score (nSPS) is 17.5. The van der Waals surface area contributed by atoms with E-state index in [9.17, 15) is 9.59 Å². The maximum Gasteiger partial charge on any atom is 0.254 e. The van der Waals surface area contributed by atoms with Crippen LogP contribution in [0.1, 0.15) is 55.9 Å². The van der Waals surface area contributed by atoms with Crippen LogP contribution < -0.4 is 5.73 Å². The van der Waals surface area contributed by atoms with Crippen LogP contribution in [0, 0.1) is 13.8 Å². The minimum atomic E-state index is -0.509. The van der Waals surface area contributed by atoms with E-state index in [1.165, 1.54) is 0 Å². The highest BCUT2D eigenvalue weighted by Crippen LogP contribution is 2.34. The van der Waals surface area contributed by atoms with Gasteiger partial charge in [0.05, 0.1) is 6.04 Å². The van der Waals surface area contributed by atoms with Crippen LogP contribution >= 0.6 is 11.3 Å². The van der Waals surface area contributed by atoms with Crippen molar-refractivity contribution in [3.8, 4) is 0 Å². The van der Waals surface area contributed by atoms with Gasteiger partial charge in [-0.05, 0) is 44.4 Å². The molecule has 3 rings (SSSR count). The van der Waals surface area contributed by atoms with Crippen LogP contribution in [0.25, 0.3) is 0 Å². The lowest BCUT2D eigenvalue weighted by Crippen LogP contribution is -2.30. The zero-order chi connectivity index (χ0) is 16.6. The number of nitrogens with two attached hydrogens (primary N) is 1. The van der Waals surface area contributed by atoms with Crippen molar-refractivity contribution in [3.05, 3.63) is 51.0 Å². The second-order valence-corrected chi connectivity index (χ2v) is 6.77. The van der Waals surface area contributed by atoms with Gasteiger partial charge in [0.15, 0.2) is 0 Å². The molecule has 2 N–H and O–H groups in total. The fourth-order valence-electron chi connectivity index (χ4n) is 2.98. The summed E-state index contributed by atoms with van der Waals surface area (Å²) in [5.74, 6) is -0.575. The molecule has 1 aromatic carbocycles. The van der Waals surface area contributed by atoms with Crippen molar-refractivity contribution < 1.29 is 9.59 Å². The first-order chi connectivity index (χ1) is 11.0. The number of likely N-dealkylation sites (tertiary alicyclic amines) is 1. The summed E-state index contributed by atoms with van der Waals surface area (Å²) in [5, 5.41) is 2.99. The lowest BCUT2D eigenvalue weighted by molar-refractivity contribution is 0.0735. The molecule has 23 heavy (non-hydrogen) atoms. The third kappa shape index (κ3) is 2.99. The number of aromatic nitrogens is 1. The SMILES string of the molecule is Cc1csc([C@H]2CCCN2C(=O)c2ccc(C)c(C(N)=O)c2)n1. The molecule has 1 aromatic heterocycles. The third-order valence-corrected chi connectivity index (χ3v) is 5.25. The highest BCUT2D eigenvalue weighted by molar-refractivity contribution is 7.09. The lowest BCUT2D eigenvalue weighted by Gasteiger charge is -2.23. The molecule has 0 bridgehead atoms. The Balaban J connectivity index is 1.90. The van der Waals surface area contributed by atoms with E-state index < -0.39 is 5.91 Å². The molecule has 1 aliphatic rings. The monoisotopic (exact) mass is 329 g/mol. The lowest BCUT2D eigenvalue weighted by atomic mass is 10.0. The molecule has 1 atom stereocenters. The van der Waals surface area contributed by atoms with Crippen LogP contribution in [-0.2, 0) is 0 Å². The Morgan fingerprint density at radius 2 is 2.13 bits per heavy atom. The number of rotatable bonds is 3. The summed E-state index contributed by atoms with van der Waals surface area (Å²) in [6.45, 7) is 4.48. The average Bonchev–Trinajstić information content (AvgIpc) is 3.15. The average molecular weight is 329 g/mol. The van der Waals surface area contributed by atoms with E-state index in [1.807, 2.05) is 24.1 Å². The molecule has 1 fully saturated rings. The Morgan fingerprint density at radius 3 is 2.78 bits per heavy atom. The molecule has 0 unspecified atom stereocenters. The summed E-state index contributed by atoms with van der Waals surface area (Å²) >= 11 is 1.59. The standard InChI is InChI=1S/C17H19N3O2S/c1-10-5-6-12(8-13(10)15(18)21)17(22)20-7-3-4-14(20)16-19-11(2)9-23-16/h5-6,8-9,14H,3-4,7H2,1-2H3,(H2,18,21)/t14-/m1/s1. The summed E-state index contributed by atoms with van der Waals surface area (Å²) < 4.78 is 0. The summed E-state index contributed by atoms with van der Waals surface area (Å²) in [6.07, 6.45) is 1.89. The minimum Gasteiger partial charge on any atom is -0.366 e. The van der Waals surface area contributed by atoms with Gasteiger partial charge in [-0.2, -0.15) is 0 Å². The number of carbonyl (C=O) groups excluding carboxylic acids is 2. The highest BCUT2D eigenvalue weighted by Gasteiger charge is 2.32. The Morgan fingerprint density at radius 1 is 1.35 bits per heavy atom. The third-order valence-electron chi connectivity index (χ3n) is 4.19. The number of thiazole rings is 1. The number of primary amides is 1. The van der Waals surface area contributed by atoms with E-state index in [1.54, 1.807) is 29.5 Å². The van der Waals surface area contributed by atoms with Crippen molar-refractivity contribution in [2.24, 2.45) is 5.73 Å². The van der Waals surface area contributed by atoms with Gasteiger partial charge in [-0.1, -0.05) is 6.07 Å². The first-order valence-corrected chi connectivity index (χ1v) is 8.49. The van der Waals surface area contributed by atoms with Gasteiger partial charge in [-0.15, -0.1) is 11.3 Å². The number of hydrogen-bond donors (Lipinski definition) is 1. The van der Waals surface area contributed by atoms with Gasteiger partial charge in [0.2, 0.25) is 5.91 Å². The second kappa shape index (κ2) is 6.12. The molecule has 0 radical (unpaired) electrons. The predicted octanol–water partition coefficient (Wildman–Crippen LogP) is 2.84. The van der Waals surface area contributed by atoms with E-state index in [2.05, 4.69) is 4.98 Å². The molecule has 0 saturated carbocycles. The maximum absolute atomic E-state index is 12.9. The highest BCUT2D eigenvalue weighted by atomic mass is 32.1. The van der Waals surface area contributed by atoms with Gasteiger partial charge in [-0.3, -0.25) is 9.59 Å². The molecule has 0 spiro atoms. The van der Waals surface area contributed by atoms with Crippen molar-refractivity contribution in [2.45, 2.75) is 32.7 Å². The van der Waals surface area contributed by atoms with Crippen molar-refractivity contribution in [1.82, 2.24) is 9.88 Å². The topological polar surface area (TPSA) is 76.3 Å². The molecule has 2 amide bonds. The number of hydrogen-bond acceptors (Lipinski definition) is 4. The van der Waals surface area contributed by atoms with E-state index >= 15 is 0 Å². The van der Waals surface area contributed by atoms with E-state index in [0.29, 0.717) is 17.7 Å². The smallest absolute Gasteiger partial charge is 0.254 e. The summed E-state index contributed by atoms with van der Waals surface area (Å²) in [5.41, 5.74) is 8.05. The molecule has 2 heterocycles. The first-order valence-electron chi connectivity index (χ1n) is 7.61. The van der Waals surface area contributed by atoms with Crippen LogP contribution in [0.5, 0.6) is 0 Å². The van der Waals surface area contributed by atoms with E-state index in [4.69, 9.17) is 5.73 Å². The number of nitrogens with zero attached hydrogens (tertiary/aromatic N) is 2. The fraction of sp³-hybridized carbons (Fsp3) is 0.353. The molecule has 2 aromatic rings. The Kier molecular flexibility index (Phi) is 4.17. The summed E-state index contributed by atoms with van der Waals surface area (Å²) in [7, 11) is 0. The molecular formula is C17H19N3O2S. The molecule has 5 nitrogen and oxygen atoms in total. The van der Waals surface area contributed by atoms with Crippen LogP contribution in [0.15, 0.2) is 23.6 Å². The van der Waals surface area contributed by atoms with Crippen molar-refractivity contribution in [2.75, 3.05) is 6.54 Å². The number of benzene rings is 1. The van der Waals surface area contributed by atoms with Crippen LogP contribution in [0.2, 0.25) is 0 Å². The predicted molar refractivity (Wildman–Crippen MR) is 89.6 cm³/mol. The van der Waals surface area contributed by atoms with Crippen LogP contribution in [0.3, 0.4) is 0 Å². The summed E-state index contributed by atoms with van der Waals surface area (Å²) in [4.78, 5) is 30.8. The van der Waals surface area contributed by atoms with Gasteiger partial charge in [0, 0.05) is 28.7 Å². The van der Waals surface area contributed by atoms with Crippen molar-refractivity contribution in [1.29, 1.82) is 0 Å². The Bertz CT molecular complexity index is 769. The Hall–Kier alpha value is -2.21. The number of carbonyl (C=O) groups is 2. The van der Waals surface area contributed by atoms with E-state index in [0.717, 1.165) is 29.1 Å². The van der Waals surface area contributed by atoms with Gasteiger partial charge in [0.1, 0.15) is 5.01 Å². The first kappa shape index (κ1) is 15.7. The fourth-order valence-corrected chi connectivity index (χ4v) is 3.92. The van der Waals surface area contributed by atoms with Gasteiger partial charge < -0.3 is 10.6 Å². The zero-order valence-electron chi connectivity index (χ0n) is 13.2. The van der Waals surface area contributed by atoms with Gasteiger partial charge >= 0.3 is 0 Å². The molecule has 1 aliphatic heterocycles. The van der Waals surface area contributed by atoms with Crippen molar-refractivity contribution in [3.63, 3.8) is 0 Å². The maximum atomic E-state index is 12.9. The zero-order valence-corrected chi connectivity index (χ0v) is 14.0. The van der Waals surface area contributed by atoms with E-state index in [-0.39, 0.29) is 11.9 Å². The second-order valence-electron chi connectivity index (χ2n) is 5.88. The van der Waals surface area contributed by atoms with Crippen LogP contribution in [0.4, 0.5) is 0 Å².